The Labute approximate surface area is 119 Å². The maximum atomic E-state index is 5.67. The van der Waals surface area contributed by atoms with Crippen LogP contribution in [0.25, 0.3) is 21.7 Å². The molecule has 0 N–H and O–H groups in total. The molecule has 0 radical (unpaired) electrons. The van der Waals surface area contributed by atoms with Crippen molar-refractivity contribution in [2.24, 2.45) is 0 Å². The molecule has 1 aliphatic rings. The third-order valence-electron chi connectivity index (χ3n) is 3.46. The fraction of sp³-hybridized carbons (Fsp3) is 0.357. The van der Waals surface area contributed by atoms with Crippen molar-refractivity contribution in [1.82, 2.24) is 15.1 Å². The van der Waals surface area contributed by atoms with Crippen molar-refractivity contribution in [2.45, 2.75) is 25.4 Å². The van der Waals surface area contributed by atoms with E-state index in [0.29, 0.717) is 11.7 Å². The summed E-state index contributed by atoms with van der Waals surface area (Å²) in [5, 5.41) is 6.07. The lowest BCUT2D eigenvalue weighted by molar-refractivity contribution is 0.00822. The molecule has 3 aromatic heterocycles. The first-order valence-corrected chi connectivity index (χ1v) is 7.57. The van der Waals surface area contributed by atoms with Crippen LogP contribution in [0.3, 0.4) is 0 Å². The quantitative estimate of drug-likeness (QED) is 0.721. The Morgan fingerprint density at radius 2 is 2.30 bits per heavy atom. The van der Waals surface area contributed by atoms with Crippen LogP contribution in [0.5, 0.6) is 0 Å². The molecule has 0 bridgehead atoms. The number of aromatic nitrogens is 3. The largest absolute Gasteiger partial charge is 0.370 e. The van der Waals surface area contributed by atoms with Crippen LogP contribution in [0, 0.1) is 0 Å². The average Bonchev–Trinajstić information content (AvgIpc) is 3.16. The third kappa shape index (κ3) is 2.10. The smallest absolute Gasteiger partial charge is 0.259 e. The minimum atomic E-state index is -0.0281. The fourth-order valence-corrected chi connectivity index (χ4v) is 3.17. The van der Waals surface area contributed by atoms with Gasteiger partial charge in [0.2, 0.25) is 5.82 Å². The zero-order chi connectivity index (χ0) is 13.4. The second-order valence-electron chi connectivity index (χ2n) is 4.84. The second kappa shape index (κ2) is 4.96. The zero-order valence-electron chi connectivity index (χ0n) is 10.8. The molecule has 6 heteroatoms. The van der Waals surface area contributed by atoms with Crippen molar-refractivity contribution in [3.63, 3.8) is 0 Å². The van der Waals surface area contributed by atoms with Gasteiger partial charge >= 0.3 is 0 Å². The maximum Gasteiger partial charge on any atom is 0.259 e. The van der Waals surface area contributed by atoms with E-state index in [1.807, 2.05) is 17.5 Å². The fourth-order valence-electron chi connectivity index (χ4n) is 2.39. The molecule has 1 aliphatic heterocycles. The summed E-state index contributed by atoms with van der Waals surface area (Å²) < 4.78 is 12.1. The summed E-state index contributed by atoms with van der Waals surface area (Å²) in [6.45, 7) is 0.775. The van der Waals surface area contributed by atoms with Crippen molar-refractivity contribution in [3.8, 4) is 11.5 Å². The lowest BCUT2D eigenvalue weighted by atomic mass is 10.1. The van der Waals surface area contributed by atoms with Gasteiger partial charge in [-0.3, -0.25) is 4.98 Å². The molecular formula is C14H13N3O2S. The van der Waals surface area contributed by atoms with Crippen LogP contribution in [0.1, 0.15) is 31.2 Å². The van der Waals surface area contributed by atoms with E-state index >= 15 is 0 Å². The van der Waals surface area contributed by atoms with Gasteiger partial charge in [-0.25, -0.2) is 0 Å². The third-order valence-corrected chi connectivity index (χ3v) is 4.31. The Morgan fingerprint density at radius 3 is 3.20 bits per heavy atom. The van der Waals surface area contributed by atoms with E-state index in [2.05, 4.69) is 15.1 Å². The van der Waals surface area contributed by atoms with Gasteiger partial charge in [0, 0.05) is 12.8 Å². The second-order valence-corrected chi connectivity index (χ2v) is 5.79. The number of hydrogen-bond acceptors (Lipinski definition) is 6. The molecule has 0 amide bonds. The summed E-state index contributed by atoms with van der Waals surface area (Å²) in [4.78, 5) is 8.85. The molecule has 1 fully saturated rings. The molecule has 0 aliphatic carbocycles. The van der Waals surface area contributed by atoms with Gasteiger partial charge in [0.15, 0.2) is 0 Å². The number of pyridine rings is 1. The number of hydrogen-bond donors (Lipinski definition) is 0. The molecule has 4 rings (SSSR count). The van der Waals surface area contributed by atoms with Crippen LogP contribution >= 0.6 is 11.3 Å². The molecule has 102 valence electrons. The summed E-state index contributed by atoms with van der Waals surface area (Å²) >= 11 is 1.65. The van der Waals surface area contributed by atoms with Gasteiger partial charge in [-0.2, -0.15) is 4.98 Å². The van der Waals surface area contributed by atoms with E-state index in [1.54, 1.807) is 17.5 Å². The summed E-state index contributed by atoms with van der Waals surface area (Å²) in [5.74, 6) is 1.16. The van der Waals surface area contributed by atoms with Gasteiger partial charge < -0.3 is 9.26 Å². The standard InChI is InChI=1S/C14H13N3O2S/c1-2-5-18-11(3-1)13-16-14(19-17-13)9-7-12-10(15-8-9)4-6-20-12/h4,6-8,11H,1-3,5H2. The molecule has 0 spiro atoms. The first-order chi connectivity index (χ1) is 9.90. The maximum absolute atomic E-state index is 5.67. The topological polar surface area (TPSA) is 61.0 Å². The van der Waals surface area contributed by atoms with E-state index in [0.717, 1.165) is 41.6 Å². The summed E-state index contributed by atoms with van der Waals surface area (Å²) in [6, 6.07) is 4.03. The van der Waals surface area contributed by atoms with Crippen molar-refractivity contribution >= 4 is 21.6 Å². The monoisotopic (exact) mass is 287 g/mol. The van der Waals surface area contributed by atoms with Gasteiger partial charge in [0.1, 0.15) is 6.10 Å². The summed E-state index contributed by atoms with van der Waals surface area (Å²) in [5.41, 5.74) is 1.85. The van der Waals surface area contributed by atoms with E-state index < -0.39 is 0 Å². The Morgan fingerprint density at radius 1 is 1.30 bits per heavy atom. The van der Waals surface area contributed by atoms with Crippen molar-refractivity contribution < 1.29 is 9.26 Å². The predicted molar refractivity (Wildman–Crippen MR) is 75.5 cm³/mol. The van der Waals surface area contributed by atoms with Crippen molar-refractivity contribution in [1.29, 1.82) is 0 Å². The normalized spacial score (nSPS) is 19.5. The first kappa shape index (κ1) is 12.0. The first-order valence-electron chi connectivity index (χ1n) is 6.69. The van der Waals surface area contributed by atoms with Crippen LogP contribution in [0.15, 0.2) is 28.2 Å². The minimum Gasteiger partial charge on any atom is -0.370 e. The van der Waals surface area contributed by atoms with E-state index in [9.17, 15) is 0 Å². The highest BCUT2D eigenvalue weighted by molar-refractivity contribution is 7.17. The van der Waals surface area contributed by atoms with Gasteiger partial charge in [-0.15, -0.1) is 11.3 Å². The SMILES string of the molecule is c1cc2ncc(-c3nc(C4CCCCO4)no3)cc2s1. The lowest BCUT2D eigenvalue weighted by Crippen LogP contribution is -2.12. The molecular weight excluding hydrogens is 274 g/mol. The van der Waals surface area contributed by atoms with Crippen molar-refractivity contribution in [2.75, 3.05) is 6.61 Å². The van der Waals surface area contributed by atoms with Crippen LogP contribution < -0.4 is 0 Å². The number of nitrogens with zero attached hydrogens (tertiary/aromatic N) is 3. The number of thiophene rings is 1. The molecule has 1 atom stereocenters. The van der Waals surface area contributed by atoms with Gasteiger partial charge in [-0.05, 0) is 36.8 Å². The lowest BCUT2D eigenvalue weighted by Gasteiger charge is -2.18. The molecule has 4 heterocycles. The minimum absolute atomic E-state index is 0.0281. The molecule has 5 nitrogen and oxygen atoms in total. The Hall–Kier alpha value is -1.79. The molecule has 20 heavy (non-hydrogen) atoms. The van der Waals surface area contributed by atoms with Crippen LogP contribution in [-0.4, -0.2) is 21.7 Å². The Balaban J connectivity index is 1.66. The summed E-state index contributed by atoms with van der Waals surface area (Å²) in [6.07, 6.45) is 4.96. The Bertz CT molecular complexity index is 731. The van der Waals surface area contributed by atoms with Crippen LogP contribution in [-0.2, 0) is 4.74 Å². The highest BCUT2D eigenvalue weighted by Gasteiger charge is 2.22. The number of fused-ring (bicyclic) bond motifs is 1. The van der Waals surface area contributed by atoms with E-state index in [4.69, 9.17) is 9.26 Å². The molecule has 1 unspecified atom stereocenters. The molecule has 1 saturated heterocycles. The summed E-state index contributed by atoms with van der Waals surface area (Å²) in [7, 11) is 0. The van der Waals surface area contributed by atoms with Crippen molar-refractivity contribution in [3.05, 3.63) is 29.5 Å². The highest BCUT2D eigenvalue weighted by Crippen LogP contribution is 2.29. The van der Waals surface area contributed by atoms with Crippen LogP contribution in [0.2, 0.25) is 0 Å². The molecule has 3 aromatic rings. The number of ether oxygens (including phenoxy) is 1. The highest BCUT2D eigenvalue weighted by atomic mass is 32.1. The molecule has 0 saturated carbocycles. The zero-order valence-corrected chi connectivity index (χ0v) is 11.6. The van der Waals surface area contributed by atoms with Gasteiger partial charge in [0.05, 0.1) is 15.8 Å². The molecule has 0 aromatic carbocycles. The Kier molecular flexibility index (Phi) is 2.97. The predicted octanol–water partition coefficient (Wildman–Crippen LogP) is 3.59. The van der Waals surface area contributed by atoms with Gasteiger partial charge in [-0.1, -0.05) is 5.16 Å². The van der Waals surface area contributed by atoms with E-state index in [1.165, 1.54) is 0 Å². The van der Waals surface area contributed by atoms with Gasteiger partial charge in [0.25, 0.3) is 5.89 Å². The average molecular weight is 287 g/mol. The van der Waals surface area contributed by atoms with Crippen LogP contribution in [0.4, 0.5) is 0 Å². The van der Waals surface area contributed by atoms with E-state index in [-0.39, 0.29) is 6.10 Å². The number of rotatable bonds is 2.